The van der Waals surface area contributed by atoms with E-state index in [2.05, 4.69) is 5.32 Å². The Balaban J connectivity index is 1.69. The average molecular weight is 467 g/mol. The van der Waals surface area contributed by atoms with Crippen molar-refractivity contribution in [2.75, 3.05) is 19.0 Å². The Bertz CT molecular complexity index is 1100. The standard InChI is InChI=1S/C22H24F2N2O5S/c1-26(16-7-3-2-4-8-16)32(29,30)20-10-6-5-9-19(20)25-21(27)14-31-22(28)17-12-11-15(23)13-18(17)24/h5-6,9-13,16H,2-4,7-8,14H2,1H3,(H,25,27). The van der Waals surface area contributed by atoms with Crippen molar-refractivity contribution in [2.24, 2.45) is 0 Å². The molecule has 0 radical (unpaired) electrons. The van der Waals surface area contributed by atoms with Crippen molar-refractivity contribution in [1.29, 1.82) is 0 Å². The number of carbonyl (C=O) groups excluding carboxylic acids is 2. The molecule has 1 amide bonds. The summed E-state index contributed by atoms with van der Waals surface area (Å²) in [7, 11) is -2.34. The minimum absolute atomic E-state index is 0.0455. The predicted molar refractivity (Wildman–Crippen MR) is 114 cm³/mol. The van der Waals surface area contributed by atoms with E-state index < -0.39 is 45.7 Å². The van der Waals surface area contributed by atoms with Gasteiger partial charge in [-0.3, -0.25) is 4.79 Å². The Morgan fingerprint density at radius 1 is 1.09 bits per heavy atom. The van der Waals surface area contributed by atoms with E-state index in [1.165, 1.54) is 23.5 Å². The van der Waals surface area contributed by atoms with Crippen LogP contribution in [-0.4, -0.2) is 44.3 Å². The van der Waals surface area contributed by atoms with Crippen molar-refractivity contribution >= 4 is 27.6 Å². The van der Waals surface area contributed by atoms with Crippen LogP contribution in [0.3, 0.4) is 0 Å². The highest BCUT2D eigenvalue weighted by Crippen LogP contribution is 2.29. The van der Waals surface area contributed by atoms with Crippen molar-refractivity contribution < 1.29 is 31.5 Å². The topological polar surface area (TPSA) is 92.8 Å². The van der Waals surface area contributed by atoms with Crippen LogP contribution in [0, 0.1) is 11.6 Å². The second-order valence-corrected chi connectivity index (χ2v) is 9.52. The van der Waals surface area contributed by atoms with Crippen LogP contribution in [0.4, 0.5) is 14.5 Å². The zero-order valence-electron chi connectivity index (χ0n) is 17.5. The second kappa shape index (κ2) is 10.2. The molecule has 172 valence electrons. The molecular formula is C22H24F2N2O5S. The summed E-state index contributed by atoms with van der Waals surface area (Å²) in [5.74, 6) is -3.91. The Morgan fingerprint density at radius 3 is 2.47 bits per heavy atom. The molecular weight excluding hydrogens is 442 g/mol. The molecule has 0 unspecified atom stereocenters. The summed E-state index contributed by atoms with van der Waals surface area (Å²) < 4.78 is 59.1. The molecule has 0 aromatic heterocycles. The highest BCUT2D eigenvalue weighted by molar-refractivity contribution is 7.89. The summed E-state index contributed by atoms with van der Waals surface area (Å²) in [6.45, 7) is -0.775. The minimum Gasteiger partial charge on any atom is -0.452 e. The summed E-state index contributed by atoms with van der Waals surface area (Å²) in [6, 6.07) is 8.16. The number of hydrogen-bond donors (Lipinski definition) is 1. The first-order chi connectivity index (χ1) is 15.2. The largest absolute Gasteiger partial charge is 0.452 e. The number of para-hydroxylation sites is 1. The number of carbonyl (C=O) groups is 2. The van der Waals surface area contributed by atoms with Gasteiger partial charge in [0.15, 0.2) is 6.61 Å². The molecule has 1 aliphatic rings. The van der Waals surface area contributed by atoms with E-state index in [-0.39, 0.29) is 16.6 Å². The molecule has 1 saturated carbocycles. The summed E-state index contributed by atoms with van der Waals surface area (Å²) in [5, 5.41) is 2.43. The lowest BCUT2D eigenvalue weighted by Crippen LogP contribution is -2.38. The molecule has 0 saturated heterocycles. The number of esters is 1. The molecule has 1 fully saturated rings. The molecule has 0 aliphatic heterocycles. The first kappa shape index (κ1) is 23.8. The van der Waals surface area contributed by atoms with E-state index in [9.17, 15) is 26.8 Å². The van der Waals surface area contributed by atoms with Gasteiger partial charge in [-0.05, 0) is 37.1 Å². The van der Waals surface area contributed by atoms with Gasteiger partial charge in [0, 0.05) is 19.2 Å². The molecule has 32 heavy (non-hydrogen) atoms. The van der Waals surface area contributed by atoms with Crippen molar-refractivity contribution in [1.82, 2.24) is 4.31 Å². The lowest BCUT2D eigenvalue weighted by molar-refractivity contribution is -0.119. The fraction of sp³-hybridized carbons (Fsp3) is 0.364. The quantitative estimate of drug-likeness (QED) is 0.628. The number of amides is 1. The summed E-state index contributed by atoms with van der Waals surface area (Å²) >= 11 is 0. The van der Waals surface area contributed by atoms with Crippen LogP contribution in [0.15, 0.2) is 47.4 Å². The van der Waals surface area contributed by atoms with Gasteiger partial charge in [0.25, 0.3) is 5.91 Å². The van der Waals surface area contributed by atoms with E-state index in [0.717, 1.165) is 44.2 Å². The number of halogens is 2. The molecule has 0 bridgehead atoms. The van der Waals surface area contributed by atoms with Crippen LogP contribution in [0.25, 0.3) is 0 Å². The van der Waals surface area contributed by atoms with Gasteiger partial charge in [-0.1, -0.05) is 31.4 Å². The van der Waals surface area contributed by atoms with Crippen molar-refractivity contribution in [3.05, 3.63) is 59.7 Å². The Morgan fingerprint density at radius 2 is 1.78 bits per heavy atom. The molecule has 2 aromatic carbocycles. The third-order valence-corrected chi connectivity index (χ3v) is 7.36. The second-order valence-electron chi connectivity index (χ2n) is 7.56. The zero-order valence-corrected chi connectivity index (χ0v) is 18.3. The summed E-state index contributed by atoms with van der Waals surface area (Å²) in [6.07, 6.45) is 4.56. The van der Waals surface area contributed by atoms with Crippen molar-refractivity contribution in [3.63, 3.8) is 0 Å². The number of anilines is 1. The van der Waals surface area contributed by atoms with E-state index in [0.29, 0.717) is 6.07 Å². The maximum atomic E-state index is 13.7. The predicted octanol–water partition coefficient (Wildman–Crippen LogP) is 3.71. The first-order valence-electron chi connectivity index (χ1n) is 10.2. The first-order valence-corrected chi connectivity index (χ1v) is 11.6. The van der Waals surface area contributed by atoms with Crippen molar-refractivity contribution in [3.8, 4) is 0 Å². The number of ether oxygens (including phenoxy) is 1. The Kier molecular flexibility index (Phi) is 7.57. The molecule has 2 aromatic rings. The van der Waals surface area contributed by atoms with Crippen LogP contribution in [0.1, 0.15) is 42.5 Å². The molecule has 0 heterocycles. The van der Waals surface area contributed by atoms with E-state index in [4.69, 9.17) is 4.74 Å². The number of benzene rings is 2. The third-order valence-electron chi connectivity index (χ3n) is 5.39. The Hall–Kier alpha value is -2.85. The lowest BCUT2D eigenvalue weighted by Gasteiger charge is -2.30. The maximum absolute atomic E-state index is 13.7. The molecule has 1 N–H and O–H groups in total. The summed E-state index contributed by atoms with van der Waals surface area (Å²) in [4.78, 5) is 24.2. The summed E-state index contributed by atoms with van der Waals surface area (Å²) in [5.41, 5.74) is -0.472. The maximum Gasteiger partial charge on any atom is 0.341 e. The van der Waals surface area contributed by atoms with Crippen LogP contribution in [0.2, 0.25) is 0 Å². The number of rotatable bonds is 7. The van der Waals surface area contributed by atoms with Crippen LogP contribution in [-0.2, 0) is 19.6 Å². The fourth-order valence-electron chi connectivity index (χ4n) is 3.64. The lowest BCUT2D eigenvalue weighted by atomic mass is 9.96. The van der Waals surface area contributed by atoms with Gasteiger partial charge >= 0.3 is 5.97 Å². The van der Waals surface area contributed by atoms with Gasteiger partial charge < -0.3 is 10.1 Å². The van der Waals surface area contributed by atoms with Gasteiger partial charge in [0.05, 0.1) is 11.3 Å². The van der Waals surface area contributed by atoms with Gasteiger partial charge in [0.2, 0.25) is 10.0 Å². The number of sulfonamides is 1. The highest BCUT2D eigenvalue weighted by Gasteiger charge is 2.31. The normalized spacial score (nSPS) is 14.9. The SMILES string of the molecule is CN(C1CCCCC1)S(=O)(=O)c1ccccc1NC(=O)COC(=O)c1ccc(F)cc1F. The van der Waals surface area contributed by atoms with Gasteiger partial charge in [-0.15, -0.1) is 0 Å². The Labute approximate surface area is 185 Å². The number of nitrogens with one attached hydrogen (secondary N) is 1. The van der Waals surface area contributed by atoms with Gasteiger partial charge in [-0.25, -0.2) is 22.0 Å². The smallest absolute Gasteiger partial charge is 0.341 e. The van der Waals surface area contributed by atoms with Crippen LogP contribution >= 0.6 is 0 Å². The van der Waals surface area contributed by atoms with Gasteiger partial charge in [-0.2, -0.15) is 4.31 Å². The molecule has 7 nitrogen and oxygen atoms in total. The number of hydrogen-bond acceptors (Lipinski definition) is 5. The molecule has 3 rings (SSSR count). The average Bonchev–Trinajstić information content (AvgIpc) is 2.78. The van der Waals surface area contributed by atoms with Crippen LogP contribution < -0.4 is 5.32 Å². The third kappa shape index (κ3) is 5.49. The van der Waals surface area contributed by atoms with Crippen molar-refractivity contribution in [2.45, 2.75) is 43.0 Å². The fourth-order valence-corrected chi connectivity index (χ4v) is 5.20. The molecule has 0 atom stereocenters. The van der Waals surface area contributed by atoms with E-state index in [1.54, 1.807) is 12.1 Å². The highest BCUT2D eigenvalue weighted by atomic mass is 32.2. The molecule has 10 heteroatoms. The van der Waals surface area contributed by atoms with E-state index in [1.807, 2.05) is 0 Å². The molecule has 1 aliphatic carbocycles. The zero-order chi connectivity index (χ0) is 23.3. The van der Waals surface area contributed by atoms with E-state index >= 15 is 0 Å². The van der Waals surface area contributed by atoms with Crippen LogP contribution in [0.5, 0.6) is 0 Å². The molecule has 0 spiro atoms. The minimum atomic E-state index is -3.87. The van der Waals surface area contributed by atoms with Gasteiger partial charge in [0.1, 0.15) is 16.5 Å². The monoisotopic (exact) mass is 466 g/mol. The number of nitrogens with zero attached hydrogens (tertiary/aromatic N) is 1.